The first-order chi connectivity index (χ1) is 12.1. The van der Waals surface area contributed by atoms with Crippen molar-refractivity contribution in [2.75, 3.05) is 5.32 Å². The molecule has 2 aromatic carbocycles. The largest absolute Gasteiger partial charge is 0.441 e. The lowest BCUT2D eigenvalue weighted by molar-refractivity contribution is -0.116. The van der Waals surface area contributed by atoms with Crippen LogP contribution in [0.3, 0.4) is 0 Å². The van der Waals surface area contributed by atoms with Crippen LogP contribution in [0.2, 0.25) is 5.02 Å². The number of halogens is 1. The third-order valence-corrected chi connectivity index (χ3v) is 4.27. The van der Waals surface area contributed by atoms with Crippen LogP contribution in [0.4, 0.5) is 5.69 Å². The Morgan fingerprint density at radius 3 is 2.76 bits per heavy atom. The summed E-state index contributed by atoms with van der Waals surface area (Å²) in [6.45, 7) is 1.92. The predicted molar refractivity (Wildman–Crippen MR) is 99.7 cm³/mol. The molecule has 0 radical (unpaired) electrons. The number of aromatic nitrogens is 1. The van der Waals surface area contributed by atoms with Gasteiger partial charge >= 0.3 is 0 Å². The average molecular weight is 355 g/mol. The van der Waals surface area contributed by atoms with Gasteiger partial charge in [0.1, 0.15) is 0 Å². The van der Waals surface area contributed by atoms with Crippen LogP contribution in [0.5, 0.6) is 0 Å². The van der Waals surface area contributed by atoms with Crippen molar-refractivity contribution in [2.45, 2.75) is 26.2 Å². The highest BCUT2D eigenvalue weighted by molar-refractivity contribution is 6.31. The average Bonchev–Trinajstić information content (AvgIpc) is 3.08. The number of carbonyl (C=O) groups excluding carboxylic acids is 1. The molecule has 25 heavy (non-hydrogen) atoms. The third kappa shape index (κ3) is 4.70. The number of rotatable bonds is 6. The summed E-state index contributed by atoms with van der Waals surface area (Å²) in [6.07, 6.45) is 3.41. The Morgan fingerprint density at radius 1 is 1.20 bits per heavy atom. The first-order valence-corrected chi connectivity index (χ1v) is 8.56. The molecule has 0 aliphatic heterocycles. The molecule has 0 fully saturated rings. The lowest BCUT2D eigenvalue weighted by atomic mass is 10.2. The van der Waals surface area contributed by atoms with Gasteiger partial charge in [0.05, 0.1) is 6.20 Å². The zero-order valence-corrected chi connectivity index (χ0v) is 14.7. The molecule has 0 saturated carbocycles. The minimum Gasteiger partial charge on any atom is -0.441 e. The van der Waals surface area contributed by atoms with Gasteiger partial charge in [-0.15, -0.1) is 0 Å². The van der Waals surface area contributed by atoms with E-state index in [1.54, 1.807) is 12.3 Å². The van der Waals surface area contributed by atoms with E-state index < -0.39 is 0 Å². The van der Waals surface area contributed by atoms with Crippen LogP contribution in [-0.2, 0) is 11.2 Å². The second-order valence-electron chi connectivity index (χ2n) is 5.85. The van der Waals surface area contributed by atoms with Crippen molar-refractivity contribution in [3.8, 4) is 11.3 Å². The molecule has 0 aliphatic carbocycles. The SMILES string of the molecule is Cc1ccc(NC(=O)CCCc2ncc(-c3ccccc3)o2)cc1Cl. The first-order valence-electron chi connectivity index (χ1n) is 8.18. The molecule has 0 saturated heterocycles. The summed E-state index contributed by atoms with van der Waals surface area (Å²) >= 11 is 6.06. The van der Waals surface area contributed by atoms with Crippen molar-refractivity contribution in [2.24, 2.45) is 0 Å². The molecule has 4 nitrogen and oxygen atoms in total. The van der Waals surface area contributed by atoms with Crippen molar-refractivity contribution in [1.29, 1.82) is 0 Å². The minimum absolute atomic E-state index is 0.0465. The Labute approximate surface area is 151 Å². The lowest BCUT2D eigenvalue weighted by Gasteiger charge is -2.06. The number of aryl methyl sites for hydroxylation is 2. The van der Waals surface area contributed by atoms with E-state index in [1.807, 2.05) is 49.4 Å². The van der Waals surface area contributed by atoms with E-state index in [0.29, 0.717) is 35.9 Å². The molecule has 1 heterocycles. The van der Waals surface area contributed by atoms with E-state index in [1.165, 1.54) is 0 Å². The van der Waals surface area contributed by atoms with Crippen molar-refractivity contribution in [1.82, 2.24) is 4.98 Å². The number of hydrogen-bond donors (Lipinski definition) is 1. The predicted octanol–water partition coefficient (Wildman–Crippen LogP) is 5.26. The monoisotopic (exact) mass is 354 g/mol. The fourth-order valence-electron chi connectivity index (χ4n) is 2.46. The Morgan fingerprint density at radius 2 is 2.00 bits per heavy atom. The molecular weight excluding hydrogens is 336 g/mol. The Bertz CT molecular complexity index is 859. The summed E-state index contributed by atoms with van der Waals surface area (Å²) in [7, 11) is 0. The Balaban J connectivity index is 1.48. The standard InChI is InChI=1S/C20H19ClN2O2/c1-14-10-11-16(12-17(14)21)23-19(24)8-5-9-20-22-13-18(25-20)15-6-3-2-4-7-15/h2-4,6-7,10-13H,5,8-9H2,1H3,(H,23,24). The van der Waals surface area contributed by atoms with Crippen LogP contribution in [-0.4, -0.2) is 10.9 Å². The highest BCUT2D eigenvalue weighted by atomic mass is 35.5. The van der Waals surface area contributed by atoms with Gasteiger partial charge in [-0.3, -0.25) is 4.79 Å². The molecule has 1 aromatic heterocycles. The van der Waals surface area contributed by atoms with Gasteiger partial charge < -0.3 is 9.73 Å². The number of nitrogens with one attached hydrogen (secondary N) is 1. The van der Waals surface area contributed by atoms with E-state index in [-0.39, 0.29) is 5.91 Å². The van der Waals surface area contributed by atoms with E-state index in [0.717, 1.165) is 16.9 Å². The van der Waals surface area contributed by atoms with Gasteiger partial charge in [0.25, 0.3) is 0 Å². The molecule has 3 aromatic rings. The highest BCUT2D eigenvalue weighted by Gasteiger charge is 2.08. The maximum Gasteiger partial charge on any atom is 0.224 e. The summed E-state index contributed by atoms with van der Waals surface area (Å²) in [4.78, 5) is 16.3. The van der Waals surface area contributed by atoms with Crippen LogP contribution >= 0.6 is 11.6 Å². The highest BCUT2D eigenvalue weighted by Crippen LogP contribution is 2.21. The molecule has 0 atom stereocenters. The van der Waals surface area contributed by atoms with Crippen LogP contribution in [0.15, 0.2) is 59.1 Å². The van der Waals surface area contributed by atoms with E-state index in [2.05, 4.69) is 10.3 Å². The molecule has 5 heteroatoms. The maximum absolute atomic E-state index is 12.0. The summed E-state index contributed by atoms with van der Waals surface area (Å²) in [5.74, 6) is 1.34. The van der Waals surface area contributed by atoms with Gasteiger partial charge in [0, 0.05) is 29.1 Å². The van der Waals surface area contributed by atoms with Gasteiger partial charge in [0.2, 0.25) is 5.91 Å². The second kappa shape index (κ2) is 7.99. The summed E-state index contributed by atoms with van der Waals surface area (Å²) in [5.41, 5.74) is 2.69. The second-order valence-corrected chi connectivity index (χ2v) is 6.26. The fraction of sp³-hybridized carbons (Fsp3) is 0.200. The smallest absolute Gasteiger partial charge is 0.224 e. The van der Waals surface area contributed by atoms with Gasteiger partial charge in [-0.2, -0.15) is 0 Å². The van der Waals surface area contributed by atoms with E-state index in [9.17, 15) is 4.79 Å². The summed E-state index contributed by atoms with van der Waals surface area (Å²) < 4.78 is 5.74. The van der Waals surface area contributed by atoms with E-state index >= 15 is 0 Å². The number of anilines is 1. The first kappa shape index (κ1) is 17.2. The minimum atomic E-state index is -0.0465. The molecule has 1 N–H and O–H groups in total. The van der Waals surface area contributed by atoms with Crippen LogP contribution < -0.4 is 5.32 Å². The summed E-state index contributed by atoms with van der Waals surface area (Å²) in [6, 6.07) is 15.3. The van der Waals surface area contributed by atoms with Gasteiger partial charge in [-0.1, -0.05) is 48.0 Å². The van der Waals surface area contributed by atoms with Crippen molar-refractivity contribution in [3.63, 3.8) is 0 Å². The van der Waals surface area contributed by atoms with Crippen LogP contribution in [0.1, 0.15) is 24.3 Å². The zero-order valence-electron chi connectivity index (χ0n) is 14.0. The van der Waals surface area contributed by atoms with Gasteiger partial charge in [-0.05, 0) is 31.0 Å². The molecule has 0 bridgehead atoms. The maximum atomic E-state index is 12.0. The van der Waals surface area contributed by atoms with E-state index in [4.69, 9.17) is 16.0 Å². The Hall–Kier alpha value is -2.59. The van der Waals surface area contributed by atoms with Gasteiger partial charge in [-0.25, -0.2) is 4.98 Å². The molecular formula is C20H19ClN2O2. The molecule has 3 rings (SSSR count). The fourth-order valence-corrected chi connectivity index (χ4v) is 2.64. The zero-order chi connectivity index (χ0) is 17.6. The summed E-state index contributed by atoms with van der Waals surface area (Å²) in [5, 5.41) is 3.50. The van der Waals surface area contributed by atoms with Crippen LogP contribution in [0, 0.1) is 6.92 Å². The normalized spacial score (nSPS) is 10.6. The Kier molecular flexibility index (Phi) is 5.51. The van der Waals surface area contributed by atoms with Crippen molar-refractivity contribution in [3.05, 3.63) is 71.2 Å². The number of carbonyl (C=O) groups is 1. The molecule has 0 aliphatic rings. The van der Waals surface area contributed by atoms with Crippen molar-refractivity contribution >= 4 is 23.2 Å². The van der Waals surface area contributed by atoms with Gasteiger partial charge in [0.15, 0.2) is 11.7 Å². The lowest BCUT2D eigenvalue weighted by Crippen LogP contribution is -2.11. The molecule has 128 valence electrons. The number of benzene rings is 2. The number of nitrogens with zero attached hydrogens (tertiary/aromatic N) is 1. The quantitative estimate of drug-likeness (QED) is 0.656. The van der Waals surface area contributed by atoms with Crippen molar-refractivity contribution < 1.29 is 9.21 Å². The number of hydrogen-bond acceptors (Lipinski definition) is 3. The number of amides is 1. The molecule has 1 amide bonds. The molecule has 0 unspecified atom stereocenters. The molecule has 0 spiro atoms. The van der Waals surface area contributed by atoms with Crippen LogP contribution in [0.25, 0.3) is 11.3 Å². The third-order valence-electron chi connectivity index (χ3n) is 3.86. The topological polar surface area (TPSA) is 55.1 Å². The number of oxazole rings is 1.